The molecular formula is C53H34N2S. The molecule has 0 amide bonds. The first kappa shape index (κ1) is 32.5. The Balaban J connectivity index is 1.14. The van der Waals surface area contributed by atoms with Crippen LogP contribution in [0, 0.1) is 0 Å². The maximum Gasteiger partial charge on any atom is 0.160 e. The molecule has 0 unspecified atom stereocenters. The third kappa shape index (κ3) is 5.02. The first-order valence-corrected chi connectivity index (χ1v) is 19.9. The highest BCUT2D eigenvalue weighted by Crippen LogP contribution is 2.56. The van der Waals surface area contributed by atoms with E-state index in [4.69, 9.17) is 9.97 Å². The second-order valence-electron chi connectivity index (χ2n) is 14.4. The topological polar surface area (TPSA) is 25.8 Å². The monoisotopic (exact) mass is 730 g/mol. The van der Waals surface area contributed by atoms with Crippen molar-refractivity contribution in [1.82, 2.24) is 9.97 Å². The molecule has 0 fully saturated rings. The molecule has 2 nitrogen and oxygen atoms in total. The van der Waals surface area contributed by atoms with E-state index in [1.165, 1.54) is 59.1 Å². The Morgan fingerprint density at radius 3 is 1.66 bits per heavy atom. The summed E-state index contributed by atoms with van der Waals surface area (Å²) in [7, 11) is 0. The fourth-order valence-electron chi connectivity index (χ4n) is 8.97. The Labute approximate surface area is 330 Å². The van der Waals surface area contributed by atoms with Crippen molar-refractivity contribution in [2.24, 2.45) is 0 Å². The van der Waals surface area contributed by atoms with E-state index in [9.17, 15) is 0 Å². The van der Waals surface area contributed by atoms with Crippen LogP contribution in [0.15, 0.2) is 206 Å². The lowest BCUT2D eigenvalue weighted by Crippen LogP contribution is -2.28. The first-order valence-electron chi connectivity index (χ1n) is 19.1. The van der Waals surface area contributed by atoms with Crippen LogP contribution in [-0.4, -0.2) is 9.97 Å². The van der Waals surface area contributed by atoms with Crippen molar-refractivity contribution >= 4 is 31.5 Å². The van der Waals surface area contributed by atoms with Crippen molar-refractivity contribution in [3.05, 3.63) is 229 Å². The zero-order valence-corrected chi connectivity index (χ0v) is 31.2. The van der Waals surface area contributed by atoms with Crippen LogP contribution in [0.1, 0.15) is 22.3 Å². The second-order valence-corrected chi connectivity index (χ2v) is 15.5. The van der Waals surface area contributed by atoms with Crippen LogP contribution in [0.3, 0.4) is 0 Å². The molecule has 0 saturated heterocycles. The van der Waals surface area contributed by atoms with E-state index in [1.54, 1.807) is 0 Å². The van der Waals surface area contributed by atoms with E-state index in [1.807, 2.05) is 17.4 Å². The minimum atomic E-state index is -0.502. The molecule has 0 N–H and O–H groups in total. The Morgan fingerprint density at radius 2 is 0.893 bits per heavy atom. The summed E-state index contributed by atoms with van der Waals surface area (Å²) in [4.78, 5) is 10.6. The predicted octanol–water partition coefficient (Wildman–Crippen LogP) is 13.9. The van der Waals surface area contributed by atoms with Gasteiger partial charge in [0.2, 0.25) is 0 Å². The van der Waals surface area contributed by atoms with E-state index < -0.39 is 5.41 Å². The summed E-state index contributed by atoms with van der Waals surface area (Å²) in [6.07, 6.45) is 0. The molecule has 3 heteroatoms. The fraction of sp³-hybridized carbons (Fsp3) is 0.0189. The molecule has 0 bridgehead atoms. The molecule has 0 aliphatic heterocycles. The largest absolute Gasteiger partial charge is 0.228 e. The average molecular weight is 731 g/mol. The van der Waals surface area contributed by atoms with Crippen molar-refractivity contribution in [3.8, 4) is 56.2 Å². The van der Waals surface area contributed by atoms with Crippen LogP contribution in [-0.2, 0) is 5.41 Å². The Hall–Kier alpha value is -6.94. The third-order valence-corrected chi connectivity index (χ3v) is 12.6. The number of thiophene rings is 1. The summed E-state index contributed by atoms with van der Waals surface area (Å²) < 4.78 is 2.58. The van der Waals surface area contributed by atoms with Gasteiger partial charge in [-0.15, -0.1) is 11.3 Å². The van der Waals surface area contributed by atoms with Gasteiger partial charge in [-0.25, -0.2) is 9.97 Å². The number of aromatic nitrogens is 2. The van der Waals surface area contributed by atoms with Crippen LogP contribution in [0.25, 0.3) is 76.3 Å². The Morgan fingerprint density at radius 1 is 0.357 bits per heavy atom. The fourth-order valence-corrected chi connectivity index (χ4v) is 10.2. The second kappa shape index (κ2) is 13.1. The minimum Gasteiger partial charge on any atom is -0.228 e. The molecule has 1 aliphatic carbocycles. The van der Waals surface area contributed by atoms with E-state index in [2.05, 4.69) is 200 Å². The Bertz CT molecular complexity index is 3040. The van der Waals surface area contributed by atoms with Crippen molar-refractivity contribution in [2.75, 3.05) is 0 Å². The highest BCUT2D eigenvalue weighted by molar-refractivity contribution is 7.26. The van der Waals surface area contributed by atoms with E-state index >= 15 is 0 Å². The minimum absolute atomic E-state index is 0.502. The molecule has 2 heterocycles. The van der Waals surface area contributed by atoms with Gasteiger partial charge in [0, 0.05) is 42.4 Å². The summed E-state index contributed by atoms with van der Waals surface area (Å²) in [6.45, 7) is 0. The first-order chi connectivity index (χ1) is 27.8. The predicted molar refractivity (Wildman–Crippen MR) is 234 cm³/mol. The van der Waals surface area contributed by atoms with Gasteiger partial charge in [-0.1, -0.05) is 188 Å². The van der Waals surface area contributed by atoms with Gasteiger partial charge in [-0.05, 0) is 57.1 Å². The Kier molecular flexibility index (Phi) is 7.61. The summed E-state index contributed by atoms with van der Waals surface area (Å²) in [5.74, 6) is 0.702. The number of fused-ring (bicyclic) bond motifs is 6. The SMILES string of the molecule is c1ccc(-c2nc(-c3cccc(C4(c5ccccc5)c5ccccc5-c5ccccc54)c3)cc(-c3ccccc3-c3cccc4c3sc3ccccc34)n2)cc1. The number of hydrogen-bond donors (Lipinski definition) is 0. The third-order valence-electron chi connectivity index (χ3n) is 11.4. The van der Waals surface area contributed by atoms with Crippen molar-refractivity contribution in [3.63, 3.8) is 0 Å². The molecular weight excluding hydrogens is 697 g/mol. The molecule has 56 heavy (non-hydrogen) atoms. The van der Waals surface area contributed by atoms with Crippen molar-refractivity contribution in [1.29, 1.82) is 0 Å². The van der Waals surface area contributed by atoms with Gasteiger partial charge < -0.3 is 0 Å². The summed E-state index contributed by atoms with van der Waals surface area (Å²) >= 11 is 1.86. The molecule has 2 aromatic heterocycles. The van der Waals surface area contributed by atoms with Gasteiger partial charge in [-0.2, -0.15) is 0 Å². The molecule has 1 aliphatic rings. The zero-order valence-electron chi connectivity index (χ0n) is 30.4. The van der Waals surface area contributed by atoms with Crippen LogP contribution in [0.5, 0.6) is 0 Å². The number of rotatable bonds is 6. The van der Waals surface area contributed by atoms with Gasteiger partial charge in [0.25, 0.3) is 0 Å². The number of hydrogen-bond acceptors (Lipinski definition) is 3. The maximum absolute atomic E-state index is 5.32. The average Bonchev–Trinajstić information content (AvgIpc) is 3.81. The molecule has 0 radical (unpaired) electrons. The molecule has 0 atom stereocenters. The molecule has 262 valence electrons. The highest BCUT2D eigenvalue weighted by atomic mass is 32.1. The lowest BCUT2D eigenvalue weighted by Gasteiger charge is -2.34. The normalized spacial score (nSPS) is 12.8. The highest BCUT2D eigenvalue weighted by Gasteiger charge is 2.45. The van der Waals surface area contributed by atoms with Crippen LogP contribution in [0.2, 0.25) is 0 Å². The summed E-state index contributed by atoms with van der Waals surface area (Å²) in [5, 5.41) is 2.58. The summed E-state index contributed by atoms with van der Waals surface area (Å²) in [5.41, 5.74) is 14.3. The lowest BCUT2D eigenvalue weighted by molar-refractivity contribution is 0.768. The van der Waals surface area contributed by atoms with Gasteiger partial charge >= 0.3 is 0 Å². The molecule has 10 aromatic rings. The van der Waals surface area contributed by atoms with Gasteiger partial charge in [0.05, 0.1) is 16.8 Å². The van der Waals surface area contributed by atoms with Gasteiger partial charge in [-0.3, -0.25) is 0 Å². The molecule has 11 rings (SSSR count). The lowest BCUT2D eigenvalue weighted by atomic mass is 9.67. The number of benzene rings is 8. The maximum atomic E-state index is 5.32. The van der Waals surface area contributed by atoms with Crippen LogP contribution in [0.4, 0.5) is 0 Å². The quantitative estimate of drug-likeness (QED) is 0.170. The summed E-state index contributed by atoms with van der Waals surface area (Å²) in [6, 6.07) is 74.4. The van der Waals surface area contributed by atoms with Gasteiger partial charge in [0.15, 0.2) is 5.82 Å². The van der Waals surface area contributed by atoms with E-state index in [0.717, 1.165) is 33.6 Å². The molecule has 0 saturated carbocycles. The smallest absolute Gasteiger partial charge is 0.160 e. The number of nitrogens with zero attached hydrogens (tertiary/aromatic N) is 2. The van der Waals surface area contributed by atoms with Crippen LogP contribution >= 0.6 is 11.3 Å². The standard InChI is InChI=1S/C53H34N2S/c1-3-17-35(18-4-1)52-54-48(34-49(55-52)42-26-8-7-23-39(42)44-28-16-29-45-43-27-11-14-32-50(43)56-51(44)45)36-19-15-22-38(33-36)53(37-20-5-2-6-21-37)46-30-12-9-24-40(46)41-25-10-13-31-47(41)53/h1-34H. The van der Waals surface area contributed by atoms with Crippen molar-refractivity contribution < 1.29 is 0 Å². The zero-order chi connectivity index (χ0) is 37.1. The van der Waals surface area contributed by atoms with Gasteiger partial charge in [0.1, 0.15) is 0 Å². The molecule has 0 spiro atoms. The van der Waals surface area contributed by atoms with Crippen molar-refractivity contribution in [2.45, 2.75) is 5.41 Å². The van der Waals surface area contributed by atoms with Crippen LogP contribution < -0.4 is 0 Å². The molecule has 8 aromatic carbocycles. The van der Waals surface area contributed by atoms with E-state index in [0.29, 0.717) is 5.82 Å². The van der Waals surface area contributed by atoms with E-state index in [-0.39, 0.29) is 0 Å².